The lowest BCUT2D eigenvalue weighted by atomic mass is 10.1. The number of hydrogen-bond acceptors (Lipinski definition) is 4. The molecule has 3 aromatic carbocycles. The number of rotatable bonds is 9. The maximum absolute atomic E-state index is 12.9. The number of benzene rings is 3. The van der Waals surface area contributed by atoms with Crippen molar-refractivity contribution >= 4 is 15.9 Å². The number of nitrogens with one attached hydrogen (secondary N) is 2. The van der Waals surface area contributed by atoms with Crippen LogP contribution in [0.15, 0.2) is 83.8 Å². The Bertz CT molecular complexity index is 1100. The molecule has 31 heavy (non-hydrogen) atoms. The van der Waals surface area contributed by atoms with E-state index < -0.39 is 10.0 Å². The third kappa shape index (κ3) is 6.63. The average Bonchev–Trinajstić information content (AvgIpc) is 2.78. The molecule has 0 bridgehead atoms. The van der Waals surface area contributed by atoms with Crippen LogP contribution in [0.2, 0.25) is 0 Å². The predicted molar refractivity (Wildman–Crippen MR) is 115 cm³/mol. The molecular formula is C23H23FN2O4S. The zero-order chi connectivity index (χ0) is 22.3. The Labute approximate surface area is 181 Å². The van der Waals surface area contributed by atoms with E-state index in [4.69, 9.17) is 4.74 Å². The van der Waals surface area contributed by atoms with Crippen LogP contribution in [0.4, 0.5) is 4.39 Å². The Balaban J connectivity index is 1.51. The van der Waals surface area contributed by atoms with E-state index in [0.717, 1.165) is 11.1 Å². The van der Waals surface area contributed by atoms with Crippen molar-refractivity contribution in [3.8, 4) is 5.75 Å². The summed E-state index contributed by atoms with van der Waals surface area (Å²) in [6.45, 7) is 1.80. The van der Waals surface area contributed by atoms with Crippen LogP contribution in [0.5, 0.6) is 5.75 Å². The summed E-state index contributed by atoms with van der Waals surface area (Å²) in [5.74, 6) is -0.319. The monoisotopic (exact) mass is 442 g/mol. The fraction of sp³-hybridized carbons (Fsp3) is 0.174. The maximum atomic E-state index is 12.9. The number of halogens is 1. The summed E-state index contributed by atoms with van der Waals surface area (Å²) < 4.78 is 46.1. The summed E-state index contributed by atoms with van der Waals surface area (Å²) in [4.78, 5) is 12.0. The van der Waals surface area contributed by atoms with Crippen molar-refractivity contribution in [3.05, 3.63) is 95.8 Å². The Morgan fingerprint density at radius 1 is 0.968 bits per heavy atom. The largest absolute Gasteiger partial charge is 0.484 e. The van der Waals surface area contributed by atoms with Gasteiger partial charge in [-0.05, 0) is 54.4 Å². The molecule has 0 radical (unpaired) electrons. The minimum absolute atomic E-state index is 0.100. The van der Waals surface area contributed by atoms with E-state index in [0.29, 0.717) is 5.75 Å². The number of ether oxygens (including phenoxy) is 1. The number of amides is 1. The van der Waals surface area contributed by atoms with Crippen LogP contribution in [-0.2, 0) is 21.4 Å². The van der Waals surface area contributed by atoms with E-state index in [1.165, 1.54) is 36.4 Å². The highest BCUT2D eigenvalue weighted by atomic mass is 32.2. The molecule has 0 spiro atoms. The van der Waals surface area contributed by atoms with Crippen LogP contribution in [-0.4, -0.2) is 20.9 Å². The molecule has 0 fully saturated rings. The van der Waals surface area contributed by atoms with Gasteiger partial charge < -0.3 is 10.1 Å². The van der Waals surface area contributed by atoms with Crippen LogP contribution in [0.3, 0.4) is 0 Å². The lowest BCUT2D eigenvalue weighted by Crippen LogP contribution is -2.28. The fourth-order valence-corrected chi connectivity index (χ4v) is 4.06. The van der Waals surface area contributed by atoms with Gasteiger partial charge in [0.2, 0.25) is 10.0 Å². The smallest absolute Gasteiger partial charge is 0.258 e. The number of sulfonamides is 1. The van der Waals surface area contributed by atoms with E-state index in [2.05, 4.69) is 10.0 Å². The van der Waals surface area contributed by atoms with Crippen molar-refractivity contribution in [2.75, 3.05) is 6.61 Å². The molecule has 0 aliphatic carbocycles. The number of carbonyl (C=O) groups excluding carboxylic acids is 1. The first-order valence-corrected chi connectivity index (χ1v) is 11.1. The standard InChI is InChI=1S/C23H23FN2O4S/c1-17(19-5-3-2-4-6-19)26-31(28,29)22-13-11-21(12-14-22)30-16-23(27)25-15-18-7-9-20(24)10-8-18/h2-14,17,26H,15-16H2,1H3,(H,25,27)/t17-/m0/s1. The highest BCUT2D eigenvalue weighted by Crippen LogP contribution is 2.19. The van der Waals surface area contributed by atoms with Crippen LogP contribution in [0.1, 0.15) is 24.1 Å². The summed E-state index contributed by atoms with van der Waals surface area (Å²) in [6.07, 6.45) is 0. The molecule has 3 aromatic rings. The van der Waals surface area contributed by atoms with Gasteiger partial charge >= 0.3 is 0 Å². The van der Waals surface area contributed by atoms with Gasteiger partial charge in [0.1, 0.15) is 11.6 Å². The zero-order valence-corrected chi connectivity index (χ0v) is 17.7. The molecule has 3 rings (SSSR count). The van der Waals surface area contributed by atoms with Crippen molar-refractivity contribution in [1.82, 2.24) is 10.0 Å². The maximum Gasteiger partial charge on any atom is 0.258 e. The lowest BCUT2D eigenvalue weighted by Gasteiger charge is -2.15. The Morgan fingerprint density at radius 2 is 1.61 bits per heavy atom. The number of hydrogen-bond donors (Lipinski definition) is 2. The normalized spacial score (nSPS) is 12.2. The van der Waals surface area contributed by atoms with Crippen molar-refractivity contribution in [3.63, 3.8) is 0 Å². The van der Waals surface area contributed by atoms with Crippen molar-refractivity contribution in [2.24, 2.45) is 0 Å². The predicted octanol–water partition coefficient (Wildman–Crippen LogP) is 3.56. The molecule has 6 nitrogen and oxygen atoms in total. The highest BCUT2D eigenvalue weighted by molar-refractivity contribution is 7.89. The average molecular weight is 443 g/mol. The Hall–Kier alpha value is -3.23. The van der Waals surface area contributed by atoms with Crippen LogP contribution in [0.25, 0.3) is 0 Å². The van der Waals surface area contributed by atoms with Gasteiger partial charge in [0.05, 0.1) is 4.90 Å². The second-order valence-electron chi connectivity index (χ2n) is 6.92. The van der Waals surface area contributed by atoms with Gasteiger partial charge in [-0.2, -0.15) is 0 Å². The van der Waals surface area contributed by atoms with Crippen molar-refractivity contribution in [2.45, 2.75) is 24.4 Å². The van der Waals surface area contributed by atoms with Gasteiger partial charge in [0, 0.05) is 12.6 Å². The molecule has 8 heteroatoms. The van der Waals surface area contributed by atoms with Crippen molar-refractivity contribution < 1.29 is 22.3 Å². The van der Waals surface area contributed by atoms with E-state index in [-0.39, 0.29) is 35.8 Å². The van der Waals surface area contributed by atoms with E-state index in [1.807, 2.05) is 30.3 Å². The van der Waals surface area contributed by atoms with Gasteiger partial charge in [-0.15, -0.1) is 0 Å². The second-order valence-corrected chi connectivity index (χ2v) is 8.63. The molecule has 1 amide bonds. The summed E-state index contributed by atoms with van der Waals surface area (Å²) in [5.41, 5.74) is 1.62. The van der Waals surface area contributed by atoms with Gasteiger partial charge in [0.25, 0.3) is 5.91 Å². The Morgan fingerprint density at radius 3 is 2.26 bits per heavy atom. The van der Waals surface area contributed by atoms with Crippen LogP contribution < -0.4 is 14.8 Å². The molecule has 1 atom stereocenters. The topological polar surface area (TPSA) is 84.5 Å². The molecule has 162 valence electrons. The minimum Gasteiger partial charge on any atom is -0.484 e. The van der Waals surface area contributed by atoms with Gasteiger partial charge in [-0.3, -0.25) is 4.79 Å². The SMILES string of the molecule is C[C@H](NS(=O)(=O)c1ccc(OCC(=O)NCc2ccc(F)cc2)cc1)c1ccccc1. The molecule has 0 heterocycles. The highest BCUT2D eigenvalue weighted by Gasteiger charge is 2.18. The molecule has 0 aromatic heterocycles. The van der Waals surface area contributed by atoms with E-state index in [1.54, 1.807) is 19.1 Å². The third-order valence-electron chi connectivity index (χ3n) is 4.54. The minimum atomic E-state index is -3.71. The molecule has 0 aliphatic heterocycles. The first kappa shape index (κ1) is 22.5. The molecule has 2 N–H and O–H groups in total. The lowest BCUT2D eigenvalue weighted by molar-refractivity contribution is -0.123. The number of carbonyl (C=O) groups is 1. The summed E-state index contributed by atoms with van der Waals surface area (Å²) >= 11 is 0. The third-order valence-corrected chi connectivity index (χ3v) is 6.10. The molecule has 0 saturated heterocycles. The second kappa shape index (κ2) is 10.2. The zero-order valence-electron chi connectivity index (χ0n) is 16.9. The fourth-order valence-electron chi connectivity index (χ4n) is 2.83. The summed E-state index contributed by atoms with van der Waals surface area (Å²) in [6, 6.07) is 20.5. The van der Waals surface area contributed by atoms with Crippen LogP contribution >= 0.6 is 0 Å². The van der Waals surface area contributed by atoms with Gasteiger partial charge in [-0.25, -0.2) is 17.5 Å². The van der Waals surface area contributed by atoms with E-state index in [9.17, 15) is 17.6 Å². The quantitative estimate of drug-likeness (QED) is 0.531. The van der Waals surface area contributed by atoms with Gasteiger partial charge in [0.15, 0.2) is 6.61 Å². The van der Waals surface area contributed by atoms with Gasteiger partial charge in [-0.1, -0.05) is 42.5 Å². The summed E-state index contributed by atoms with van der Waals surface area (Å²) in [7, 11) is -3.71. The molecular weight excluding hydrogens is 419 g/mol. The van der Waals surface area contributed by atoms with E-state index >= 15 is 0 Å². The van der Waals surface area contributed by atoms with Crippen LogP contribution in [0, 0.1) is 5.82 Å². The molecule has 0 unspecified atom stereocenters. The molecule has 0 saturated carbocycles. The molecule has 0 aliphatic rings. The first-order valence-electron chi connectivity index (χ1n) is 9.65. The van der Waals surface area contributed by atoms with Crippen molar-refractivity contribution in [1.29, 1.82) is 0 Å². The first-order chi connectivity index (χ1) is 14.8. The Kier molecular flexibility index (Phi) is 7.38. The summed E-state index contributed by atoms with van der Waals surface area (Å²) in [5, 5.41) is 2.67.